The van der Waals surface area contributed by atoms with Crippen LogP contribution in [0.25, 0.3) is 0 Å². The Morgan fingerprint density at radius 1 is 1.12 bits per heavy atom. The Labute approximate surface area is 108 Å². The third-order valence-corrected chi connectivity index (χ3v) is 5.59. The van der Waals surface area contributed by atoms with Crippen molar-refractivity contribution in [3.63, 3.8) is 0 Å². The van der Waals surface area contributed by atoms with Crippen molar-refractivity contribution in [1.82, 2.24) is 5.32 Å². The van der Waals surface area contributed by atoms with Crippen LogP contribution in [0.3, 0.4) is 0 Å². The molecule has 17 heavy (non-hydrogen) atoms. The van der Waals surface area contributed by atoms with Crippen molar-refractivity contribution in [3.05, 3.63) is 0 Å². The van der Waals surface area contributed by atoms with Gasteiger partial charge in [-0.15, -0.1) is 0 Å². The van der Waals surface area contributed by atoms with Gasteiger partial charge in [-0.1, -0.05) is 53.4 Å². The van der Waals surface area contributed by atoms with Gasteiger partial charge in [0.2, 0.25) is 0 Å². The van der Waals surface area contributed by atoms with Gasteiger partial charge in [0.05, 0.1) is 0 Å². The fraction of sp³-hybridized carbons (Fsp3) is 1.00. The maximum absolute atomic E-state index is 3.94. The summed E-state index contributed by atoms with van der Waals surface area (Å²) in [5, 5.41) is 3.94. The molecule has 0 aromatic carbocycles. The first-order valence-corrected chi connectivity index (χ1v) is 7.76. The van der Waals surface area contributed by atoms with Crippen LogP contribution in [0.1, 0.15) is 72.6 Å². The van der Waals surface area contributed by atoms with Gasteiger partial charge in [-0.25, -0.2) is 0 Å². The third kappa shape index (κ3) is 2.28. The summed E-state index contributed by atoms with van der Waals surface area (Å²) in [6.45, 7) is 11.0. The molecular weight excluding hydrogens is 206 g/mol. The summed E-state index contributed by atoms with van der Waals surface area (Å²) in [5.41, 5.74) is 0.826. The molecule has 1 heteroatoms. The first kappa shape index (κ1) is 13.4. The van der Waals surface area contributed by atoms with Gasteiger partial charge in [0.25, 0.3) is 0 Å². The number of rotatable bonds is 2. The van der Waals surface area contributed by atoms with Gasteiger partial charge in [0.1, 0.15) is 0 Å². The zero-order chi connectivity index (χ0) is 12.5. The van der Waals surface area contributed by atoms with Crippen LogP contribution >= 0.6 is 0 Å². The maximum Gasteiger partial charge on any atom is 0.0261 e. The summed E-state index contributed by atoms with van der Waals surface area (Å²) in [4.78, 5) is 0. The smallest absolute Gasteiger partial charge is 0.0261 e. The molecule has 0 radical (unpaired) electrons. The van der Waals surface area contributed by atoms with E-state index in [2.05, 4.69) is 33.0 Å². The fourth-order valence-electron chi connectivity index (χ4n) is 4.62. The highest BCUT2D eigenvalue weighted by atomic mass is 15.0. The van der Waals surface area contributed by atoms with Gasteiger partial charge in [-0.3, -0.25) is 0 Å². The minimum absolute atomic E-state index is 0.402. The van der Waals surface area contributed by atoms with Gasteiger partial charge in [-0.2, -0.15) is 0 Å². The standard InChI is InChI=1S/C16H31N/c1-5-13-9-6-7-10-14(13)16(15(2,3)4)11-8-12-17-16/h13-14,17H,5-12H2,1-4H3. The summed E-state index contributed by atoms with van der Waals surface area (Å²) in [6, 6.07) is 0. The molecule has 1 saturated carbocycles. The Morgan fingerprint density at radius 2 is 1.82 bits per heavy atom. The van der Waals surface area contributed by atoms with E-state index in [-0.39, 0.29) is 0 Å². The van der Waals surface area contributed by atoms with E-state index in [0.717, 1.165) is 11.8 Å². The molecule has 1 aliphatic carbocycles. The average molecular weight is 237 g/mol. The van der Waals surface area contributed by atoms with E-state index in [9.17, 15) is 0 Å². The molecule has 0 amide bonds. The molecule has 2 fully saturated rings. The Kier molecular flexibility index (Phi) is 3.87. The molecule has 1 nitrogen and oxygen atoms in total. The van der Waals surface area contributed by atoms with E-state index in [1.165, 1.54) is 51.5 Å². The minimum Gasteiger partial charge on any atom is -0.310 e. The van der Waals surface area contributed by atoms with Crippen molar-refractivity contribution in [2.45, 2.75) is 78.2 Å². The summed E-state index contributed by atoms with van der Waals surface area (Å²) < 4.78 is 0. The lowest BCUT2D eigenvalue weighted by molar-refractivity contribution is 0.0253. The first-order chi connectivity index (χ1) is 8.01. The number of hydrogen-bond donors (Lipinski definition) is 1. The zero-order valence-corrected chi connectivity index (χ0v) is 12.3. The van der Waals surface area contributed by atoms with Crippen molar-refractivity contribution in [2.24, 2.45) is 17.3 Å². The van der Waals surface area contributed by atoms with Crippen LogP contribution in [0.4, 0.5) is 0 Å². The van der Waals surface area contributed by atoms with Crippen LogP contribution in [-0.4, -0.2) is 12.1 Å². The SMILES string of the molecule is CCC1CCCCC1C1(C(C)(C)C)CCCN1. The van der Waals surface area contributed by atoms with Crippen molar-refractivity contribution in [2.75, 3.05) is 6.54 Å². The molecule has 0 aromatic rings. The van der Waals surface area contributed by atoms with Gasteiger partial charge in [0.15, 0.2) is 0 Å². The Balaban J connectivity index is 2.25. The predicted octanol–water partition coefficient (Wildman–Crippen LogP) is 4.37. The van der Waals surface area contributed by atoms with Gasteiger partial charge < -0.3 is 5.32 Å². The number of hydrogen-bond acceptors (Lipinski definition) is 1. The van der Waals surface area contributed by atoms with Crippen molar-refractivity contribution in [3.8, 4) is 0 Å². The molecule has 1 aliphatic heterocycles. The predicted molar refractivity (Wildman–Crippen MR) is 75.2 cm³/mol. The second-order valence-electron chi connectivity index (χ2n) is 7.31. The van der Waals surface area contributed by atoms with Crippen molar-refractivity contribution in [1.29, 1.82) is 0 Å². The quantitative estimate of drug-likeness (QED) is 0.752. The molecular formula is C16H31N. The molecule has 1 N–H and O–H groups in total. The van der Waals surface area contributed by atoms with Crippen LogP contribution in [0.15, 0.2) is 0 Å². The van der Waals surface area contributed by atoms with Crippen molar-refractivity contribution < 1.29 is 0 Å². The summed E-state index contributed by atoms with van der Waals surface area (Å²) in [7, 11) is 0. The second kappa shape index (κ2) is 4.91. The van der Waals surface area contributed by atoms with Crippen LogP contribution in [-0.2, 0) is 0 Å². The van der Waals surface area contributed by atoms with Crippen LogP contribution in [0, 0.1) is 17.3 Å². The van der Waals surface area contributed by atoms with E-state index in [1.54, 1.807) is 0 Å². The average Bonchev–Trinajstić information content (AvgIpc) is 2.78. The Hall–Kier alpha value is -0.0400. The Morgan fingerprint density at radius 3 is 2.35 bits per heavy atom. The summed E-state index contributed by atoms with van der Waals surface area (Å²) in [6.07, 6.45) is 10.0. The highest BCUT2D eigenvalue weighted by Crippen LogP contribution is 2.50. The highest BCUT2D eigenvalue weighted by Gasteiger charge is 2.51. The lowest BCUT2D eigenvalue weighted by Crippen LogP contribution is -2.58. The normalized spacial score (nSPS) is 39.5. The number of nitrogens with one attached hydrogen (secondary N) is 1. The van der Waals surface area contributed by atoms with E-state index in [0.29, 0.717) is 11.0 Å². The second-order valence-corrected chi connectivity index (χ2v) is 7.31. The van der Waals surface area contributed by atoms with Gasteiger partial charge >= 0.3 is 0 Å². The molecule has 1 heterocycles. The summed E-state index contributed by atoms with van der Waals surface area (Å²) in [5.74, 6) is 1.89. The molecule has 3 unspecified atom stereocenters. The van der Waals surface area contributed by atoms with E-state index < -0.39 is 0 Å². The lowest BCUT2D eigenvalue weighted by atomic mass is 9.58. The maximum atomic E-state index is 3.94. The van der Waals surface area contributed by atoms with Crippen LogP contribution in [0.5, 0.6) is 0 Å². The first-order valence-electron chi connectivity index (χ1n) is 7.76. The molecule has 0 aromatic heterocycles. The topological polar surface area (TPSA) is 12.0 Å². The summed E-state index contributed by atoms with van der Waals surface area (Å²) >= 11 is 0. The largest absolute Gasteiger partial charge is 0.310 e. The van der Waals surface area contributed by atoms with Crippen molar-refractivity contribution >= 4 is 0 Å². The Bertz CT molecular complexity index is 245. The van der Waals surface area contributed by atoms with E-state index in [4.69, 9.17) is 0 Å². The van der Waals surface area contributed by atoms with E-state index >= 15 is 0 Å². The molecule has 100 valence electrons. The molecule has 1 saturated heterocycles. The third-order valence-electron chi connectivity index (χ3n) is 5.59. The molecule has 2 aliphatic rings. The fourth-order valence-corrected chi connectivity index (χ4v) is 4.62. The molecule has 2 rings (SSSR count). The van der Waals surface area contributed by atoms with Crippen LogP contribution in [0.2, 0.25) is 0 Å². The van der Waals surface area contributed by atoms with Gasteiger partial charge in [-0.05, 0) is 43.1 Å². The molecule has 0 bridgehead atoms. The monoisotopic (exact) mass is 237 g/mol. The molecule has 0 spiro atoms. The molecule has 3 atom stereocenters. The minimum atomic E-state index is 0.402. The lowest BCUT2D eigenvalue weighted by Gasteiger charge is -2.52. The highest BCUT2D eigenvalue weighted by molar-refractivity contribution is 5.07. The van der Waals surface area contributed by atoms with E-state index in [1.807, 2.05) is 0 Å². The zero-order valence-electron chi connectivity index (χ0n) is 12.3. The van der Waals surface area contributed by atoms with Gasteiger partial charge in [0, 0.05) is 5.54 Å². The van der Waals surface area contributed by atoms with Crippen LogP contribution < -0.4 is 5.32 Å².